The number of rotatable bonds is 3. The third-order valence-electron chi connectivity index (χ3n) is 5.25. The van der Waals surface area contributed by atoms with Crippen molar-refractivity contribution in [2.24, 2.45) is 5.41 Å². The molecule has 0 spiro atoms. The molecule has 1 saturated heterocycles. The first-order valence-corrected chi connectivity index (χ1v) is 8.73. The van der Waals surface area contributed by atoms with Crippen LogP contribution in [0.2, 0.25) is 0 Å². The fraction of sp³-hybridized carbons (Fsp3) is 0.526. The van der Waals surface area contributed by atoms with Crippen LogP contribution in [0.3, 0.4) is 0 Å². The number of amides is 2. The minimum Gasteiger partial charge on any atom is -0.497 e. The number of nitrogens with zero attached hydrogens (tertiary/aromatic N) is 3. The van der Waals surface area contributed by atoms with Gasteiger partial charge < -0.3 is 14.5 Å². The number of nitriles is 1. The van der Waals surface area contributed by atoms with E-state index in [-0.39, 0.29) is 11.8 Å². The first-order valence-electron chi connectivity index (χ1n) is 8.73. The molecule has 132 valence electrons. The number of piperazine rings is 1. The Bertz CT molecular complexity index is 696. The fourth-order valence-corrected chi connectivity index (χ4v) is 3.71. The highest BCUT2D eigenvalue weighted by Gasteiger charge is 2.44. The van der Waals surface area contributed by atoms with Gasteiger partial charge in [-0.1, -0.05) is 18.9 Å². The van der Waals surface area contributed by atoms with Crippen LogP contribution in [0, 0.1) is 16.7 Å². The van der Waals surface area contributed by atoms with E-state index in [1.54, 1.807) is 41.2 Å². The lowest BCUT2D eigenvalue weighted by molar-refractivity contribution is -0.140. The molecule has 3 rings (SSSR count). The van der Waals surface area contributed by atoms with Gasteiger partial charge in [-0.15, -0.1) is 0 Å². The summed E-state index contributed by atoms with van der Waals surface area (Å²) >= 11 is 0. The highest BCUT2D eigenvalue weighted by atomic mass is 16.5. The van der Waals surface area contributed by atoms with E-state index in [1.807, 2.05) is 0 Å². The summed E-state index contributed by atoms with van der Waals surface area (Å²) < 4.78 is 5.17. The van der Waals surface area contributed by atoms with Crippen molar-refractivity contribution >= 4 is 11.8 Å². The van der Waals surface area contributed by atoms with Gasteiger partial charge >= 0.3 is 0 Å². The summed E-state index contributed by atoms with van der Waals surface area (Å²) in [6, 6.07) is 9.35. The van der Waals surface area contributed by atoms with Crippen LogP contribution in [0.4, 0.5) is 0 Å². The van der Waals surface area contributed by atoms with Crippen LogP contribution in [0.5, 0.6) is 5.75 Å². The summed E-state index contributed by atoms with van der Waals surface area (Å²) in [7, 11) is 1.57. The molecule has 6 nitrogen and oxygen atoms in total. The van der Waals surface area contributed by atoms with Crippen LogP contribution in [0.25, 0.3) is 0 Å². The van der Waals surface area contributed by atoms with Gasteiger partial charge in [-0.3, -0.25) is 9.59 Å². The number of carbonyl (C=O) groups excluding carboxylic acids is 2. The van der Waals surface area contributed by atoms with Gasteiger partial charge in [0.2, 0.25) is 5.91 Å². The highest BCUT2D eigenvalue weighted by Crippen LogP contribution is 2.39. The molecular weight excluding hydrogens is 318 g/mol. The summed E-state index contributed by atoms with van der Waals surface area (Å²) in [5.41, 5.74) is -0.248. The van der Waals surface area contributed by atoms with Crippen molar-refractivity contribution in [3.63, 3.8) is 0 Å². The molecule has 1 aliphatic heterocycles. The topological polar surface area (TPSA) is 73.6 Å². The third-order valence-corrected chi connectivity index (χ3v) is 5.25. The van der Waals surface area contributed by atoms with Gasteiger partial charge in [0, 0.05) is 31.7 Å². The van der Waals surface area contributed by atoms with E-state index < -0.39 is 5.41 Å². The number of hydrogen-bond donors (Lipinski definition) is 0. The van der Waals surface area contributed by atoms with Crippen LogP contribution in [-0.2, 0) is 4.79 Å². The van der Waals surface area contributed by atoms with Crippen molar-refractivity contribution in [3.05, 3.63) is 29.8 Å². The average molecular weight is 341 g/mol. The smallest absolute Gasteiger partial charge is 0.254 e. The van der Waals surface area contributed by atoms with Crippen molar-refractivity contribution in [1.82, 2.24) is 9.80 Å². The molecule has 0 bridgehead atoms. The Balaban J connectivity index is 1.62. The van der Waals surface area contributed by atoms with Crippen LogP contribution >= 0.6 is 0 Å². The maximum absolute atomic E-state index is 12.8. The van der Waals surface area contributed by atoms with Gasteiger partial charge in [0.05, 0.1) is 13.2 Å². The Labute approximate surface area is 148 Å². The van der Waals surface area contributed by atoms with E-state index in [0.717, 1.165) is 12.8 Å². The SMILES string of the molecule is COc1cccc(C(=O)N2CCN(C(=O)C3(C#N)CCCC3)CC2)c1. The van der Waals surface area contributed by atoms with Gasteiger partial charge in [0.25, 0.3) is 5.91 Å². The number of hydrogen-bond acceptors (Lipinski definition) is 4. The van der Waals surface area contributed by atoms with E-state index in [4.69, 9.17) is 4.74 Å². The first-order chi connectivity index (χ1) is 12.1. The lowest BCUT2D eigenvalue weighted by Crippen LogP contribution is -2.53. The molecule has 0 N–H and O–H groups in total. The molecule has 1 aromatic rings. The second kappa shape index (κ2) is 7.14. The quantitative estimate of drug-likeness (QED) is 0.843. The van der Waals surface area contributed by atoms with Crippen molar-refractivity contribution < 1.29 is 14.3 Å². The standard InChI is InChI=1S/C19H23N3O3/c1-25-16-6-4-5-15(13-16)17(23)21-9-11-22(12-10-21)18(24)19(14-20)7-2-3-8-19/h4-6,13H,2-3,7-12H2,1H3. The van der Waals surface area contributed by atoms with Crippen LogP contribution in [0.15, 0.2) is 24.3 Å². The molecule has 2 amide bonds. The zero-order valence-electron chi connectivity index (χ0n) is 14.5. The first kappa shape index (κ1) is 17.3. The number of carbonyl (C=O) groups is 2. The molecule has 1 heterocycles. The molecule has 2 aliphatic rings. The zero-order chi connectivity index (χ0) is 17.9. The van der Waals surface area contributed by atoms with Crippen molar-refractivity contribution in [2.75, 3.05) is 33.3 Å². The summed E-state index contributed by atoms with van der Waals surface area (Å²) in [4.78, 5) is 28.9. The number of ether oxygens (including phenoxy) is 1. The van der Waals surface area contributed by atoms with Gasteiger partial charge in [-0.2, -0.15) is 5.26 Å². The average Bonchev–Trinajstić information content (AvgIpc) is 3.17. The second-order valence-electron chi connectivity index (χ2n) is 6.72. The Morgan fingerprint density at radius 1 is 1.12 bits per heavy atom. The van der Waals surface area contributed by atoms with Crippen LogP contribution in [-0.4, -0.2) is 54.9 Å². The van der Waals surface area contributed by atoms with Crippen LogP contribution < -0.4 is 4.74 Å². The number of methoxy groups -OCH3 is 1. The lowest BCUT2D eigenvalue weighted by atomic mass is 9.86. The molecule has 1 aliphatic carbocycles. The monoisotopic (exact) mass is 341 g/mol. The molecule has 0 atom stereocenters. The van der Waals surface area contributed by atoms with Gasteiger partial charge in [0.1, 0.15) is 11.2 Å². The Kier molecular flexibility index (Phi) is 4.93. The molecule has 0 unspecified atom stereocenters. The molecule has 1 aromatic carbocycles. The second-order valence-corrected chi connectivity index (χ2v) is 6.72. The zero-order valence-corrected chi connectivity index (χ0v) is 14.5. The van der Waals surface area contributed by atoms with E-state index in [9.17, 15) is 14.9 Å². The Morgan fingerprint density at radius 3 is 2.36 bits per heavy atom. The molecule has 1 saturated carbocycles. The summed E-state index contributed by atoms with van der Waals surface area (Å²) in [5.74, 6) is 0.541. The van der Waals surface area contributed by atoms with Crippen molar-refractivity contribution in [2.45, 2.75) is 25.7 Å². The van der Waals surface area contributed by atoms with E-state index in [1.165, 1.54) is 0 Å². The minimum absolute atomic E-state index is 0.0538. The fourth-order valence-electron chi connectivity index (χ4n) is 3.71. The predicted molar refractivity (Wildman–Crippen MR) is 92.0 cm³/mol. The summed E-state index contributed by atoms with van der Waals surface area (Å²) in [5, 5.41) is 9.48. The normalized spacial score (nSPS) is 19.4. The van der Waals surface area contributed by atoms with Crippen LogP contribution in [0.1, 0.15) is 36.0 Å². The highest BCUT2D eigenvalue weighted by molar-refractivity contribution is 5.95. The Hall–Kier alpha value is -2.55. The van der Waals surface area contributed by atoms with Crippen molar-refractivity contribution in [1.29, 1.82) is 5.26 Å². The van der Waals surface area contributed by atoms with E-state index >= 15 is 0 Å². The third kappa shape index (κ3) is 3.32. The Morgan fingerprint density at radius 2 is 1.76 bits per heavy atom. The largest absolute Gasteiger partial charge is 0.497 e. The lowest BCUT2D eigenvalue weighted by Gasteiger charge is -2.37. The predicted octanol–water partition coefficient (Wildman–Crippen LogP) is 2.06. The maximum Gasteiger partial charge on any atom is 0.254 e. The number of benzene rings is 1. The van der Waals surface area contributed by atoms with Gasteiger partial charge in [-0.25, -0.2) is 0 Å². The van der Waals surface area contributed by atoms with Gasteiger partial charge in [0.15, 0.2) is 0 Å². The molecule has 2 fully saturated rings. The van der Waals surface area contributed by atoms with Gasteiger partial charge in [-0.05, 0) is 31.0 Å². The summed E-state index contributed by atoms with van der Waals surface area (Å²) in [6.45, 7) is 1.95. The van der Waals surface area contributed by atoms with E-state index in [2.05, 4.69) is 6.07 Å². The molecule has 25 heavy (non-hydrogen) atoms. The van der Waals surface area contributed by atoms with Crippen molar-refractivity contribution in [3.8, 4) is 11.8 Å². The molecule has 6 heteroatoms. The molecular formula is C19H23N3O3. The molecule has 0 aromatic heterocycles. The summed E-state index contributed by atoms with van der Waals surface area (Å²) in [6.07, 6.45) is 3.19. The molecule has 0 radical (unpaired) electrons. The minimum atomic E-state index is -0.834. The maximum atomic E-state index is 12.8. The van der Waals surface area contributed by atoms with E-state index in [0.29, 0.717) is 50.3 Å².